The average molecular weight is 465 g/mol. The van der Waals surface area contributed by atoms with Crippen LogP contribution in [0, 0.1) is 12.7 Å². The molecule has 0 atom stereocenters. The molecule has 0 radical (unpaired) electrons. The highest BCUT2D eigenvalue weighted by molar-refractivity contribution is 6.10. The number of fused-ring (bicyclic) bond motifs is 1. The Hall–Kier alpha value is -4.25. The van der Waals surface area contributed by atoms with Crippen LogP contribution in [0.2, 0.25) is 0 Å². The van der Waals surface area contributed by atoms with Crippen LogP contribution < -0.4 is 10.2 Å². The van der Waals surface area contributed by atoms with Gasteiger partial charge in [0.05, 0.1) is 5.56 Å². The van der Waals surface area contributed by atoms with Crippen molar-refractivity contribution >= 4 is 23.2 Å². The van der Waals surface area contributed by atoms with Crippen LogP contribution in [0.15, 0.2) is 91.0 Å². The molecule has 1 N–H and O–H groups in total. The highest BCUT2D eigenvalue weighted by atomic mass is 19.1. The molecule has 1 aliphatic rings. The van der Waals surface area contributed by atoms with E-state index in [1.165, 1.54) is 11.6 Å². The molecular formula is C30H25FN2O2. The van der Waals surface area contributed by atoms with E-state index >= 15 is 0 Å². The number of nitrogens with zero attached hydrogens (tertiary/aromatic N) is 1. The summed E-state index contributed by atoms with van der Waals surface area (Å²) >= 11 is 0. The summed E-state index contributed by atoms with van der Waals surface area (Å²) < 4.78 is 14.8. The summed E-state index contributed by atoms with van der Waals surface area (Å²) in [7, 11) is 0. The SMILES string of the molecule is Cc1ccccc1-c1cccc(F)c1C(=O)Nc1ccc(C(=O)N2CCCc3ccccc32)cc1. The number of hydrogen-bond donors (Lipinski definition) is 1. The van der Waals surface area contributed by atoms with Gasteiger partial charge in [0.15, 0.2) is 0 Å². The molecule has 4 aromatic carbocycles. The quantitative estimate of drug-likeness (QED) is 0.368. The molecule has 0 spiro atoms. The summed E-state index contributed by atoms with van der Waals surface area (Å²) in [6.07, 6.45) is 1.88. The normalized spacial score (nSPS) is 12.7. The lowest BCUT2D eigenvalue weighted by molar-refractivity contribution is 0.0984. The molecule has 5 heteroatoms. The van der Waals surface area contributed by atoms with Crippen LogP contribution in [-0.4, -0.2) is 18.4 Å². The summed E-state index contributed by atoms with van der Waals surface area (Å²) in [5.41, 5.74) is 5.43. The lowest BCUT2D eigenvalue weighted by Gasteiger charge is -2.29. The van der Waals surface area contributed by atoms with E-state index in [0.29, 0.717) is 23.4 Å². The predicted molar refractivity (Wildman–Crippen MR) is 137 cm³/mol. The van der Waals surface area contributed by atoms with Crippen LogP contribution >= 0.6 is 0 Å². The highest BCUT2D eigenvalue weighted by Gasteiger charge is 2.23. The van der Waals surface area contributed by atoms with Crippen molar-refractivity contribution in [1.82, 2.24) is 0 Å². The van der Waals surface area contributed by atoms with Crippen LogP contribution in [0.5, 0.6) is 0 Å². The molecular weight excluding hydrogens is 439 g/mol. The Kier molecular flexibility index (Phi) is 6.15. The number of benzene rings is 4. The van der Waals surface area contributed by atoms with Gasteiger partial charge in [0, 0.05) is 23.5 Å². The van der Waals surface area contributed by atoms with Gasteiger partial charge in [-0.25, -0.2) is 4.39 Å². The number of para-hydroxylation sites is 1. The van der Waals surface area contributed by atoms with Crippen molar-refractivity contribution in [2.45, 2.75) is 19.8 Å². The molecule has 35 heavy (non-hydrogen) atoms. The Morgan fingerprint density at radius 1 is 0.829 bits per heavy atom. The standard InChI is InChI=1S/C30H25FN2O2/c1-20-8-2-4-11-24(20)25-12-6-13-26(31)28(25)29(34)32-23-17-15-22(16-18-23)30(35)33-19-7-10-21-9-3-5-14-27(21)33/h2-6,8-9,11-18H,7,10,19H2,1H3,(H,32,34). The zero-order valence-electron chi connectivity index (χ0n) is 19.4. The Bertz CT molecular complexity index is 1410. The van der Waals surface area contributed by atoms with E-state index in [9.17, 15) is 14.0 Å². The fraction of sp³-hybridized carbons (Fsp3) is 0.133. The molecule has 4 aromatic rings. The maximum Gasteiger partial charge on any atom is 0.259 e. The van der Waals surface area contributed by atoms with E-state index in [2.05, 4.69) is 11.4 Å². The minimum Gasteiger partial charge on any atom is -0.322 e. The number of aryl methyl sites for hydroxylation is 2. The summed E-state index contributed by atoms with van der Waals surface area (Å²) in [6.45, 7) is 2.60. The van der Waals surface area contributed by atoms with Crippen molar-refractivity contribution in [3.63, 3.8) is 0 Å². The summed E-state index contributed by atoms with van der Waals surface area (Å²) in [6, 6.07) is 26.9. The van der Waals surface area contributed by atoms with Crippen LogP contribution in [0.25, 0.3) is 11.1 Å². The van der Waals surface area contributed by atoms with Gasteiger partial charge in [-0.1, -0.05) is 54.6 Å². The largest absolute Gasteiger partial charge is 0.322 e. The molecule has 1 aliphatic heterocycles. The van der Waals surface area contributed by atoms with Crippen LogP contribution in [-0.2, 0) is 6.42 Å². The van der Waals surface area contributed by atoms with Gasteiger partial charge in [0.1, 0.15) is 5.82 Å². The molecule has 0 aliphatic carbocycles. The van der Waals surface area contributed by atoms with E-state index in [1.54, 1.807) is 41.3 Å². The molecule has 0 saturated carbocycles. The average Bonchev–Trinajstić information content (AvgIpc) is 2.88. The lowest BCUT2D eigenvalue weighted by atomic mass is 9.95. The lowest BCUT2D eigenvalue weighted by Crippen LogP contribution is -2.35. The van der Waals surface area contributed by atoms with E-state index in [-0.39, 0.29) is 11.5 Å². The predicted octanol–water partition coefficient (Wildman–Crippen LogP) is 6.65. The minimum absolute atomic E-state index is 0.00752. The highest BCUT2D eigenvalue weighted by Crippen LogP contribution is 2.30. The molecule has 174 valence electrons. The first kappa shape index (κ1) is 22.5. The van der Waals surface area contributed by atoms with Crippen molar-refractivity contribution in [3.05, 3.63) is 119 Å². The van der Waals surface area contributed by atoms with Crippen molar-refractivity contribution in [2.24, 2.45) is 0 Å². The summed E-state index contributed by atoms with van der Waals surface area (Å²) in [5, 5.41) is 2.79. The monoisotopic (exact) mass is 464 g/mol. The molecule has 0 unspecified atom stereocenters. The Labute approximate surface area is 204 Å². The van der Waals surface area contributed by atoms with Crippen molar-refractivity contribution in [3.8, 4) is 11.1 Å². The molecule has 1 heterocycles. The zero-order valence-corrected chi connectivity index (χ0v) is 19.4. The molecule has 0 saturated heterocycles. The number of rotatable bonds is 4. The smallest absolute Gasteiger partial charge is 0.259 e. The first-order chi connectivity index (χ1) is 17.0. The molecule has 5 rings (SSSR count). The third kappa shape index (κ3) is 4.45. The number of carbonyl (C=O) groups is 2. The third-order valence-electron chi connectivity index (χ3n) is 6.42. The van der Waals surface area contributed by atoms with Crippen molar-refractivity contribution < 1.29 is 14.0 Å². The second-order valence-electron chi connectivity index (χ2n) is 8.70. The van der Waals surface area contributed by atoms with Gasteiger partial charge in [0.25, 0.3) is 11.8 Å². The number of carbonyl (C=O) groups excluding carboxylic acids is 2. The van der Waals surface area contributed by atoms with E-state index in [1.807, 2.05) is 49.4 Å². The summed E-state index contributed by atoms with van der Waals surface area (Å²) in [5.74, 6) is -1.20. The van der Waals surface area contributed by atoms with Gasteiger partial charge in [0.2, 0.25) is 0 Å². The van der Waals surface area contributed by atoms with Crippen molar-refractivity contribution in [2.75, 3.05) is 16.8 Å². The fourth-order valence-corrected chi connectivity index (χ4v) is 4.64. The van der Waals surface area contributed by atoms with Gasteiger partial charge in [-0.05, 0) is 78.4 Å². The minimum atomic E-state index is -0.584. The number of nitrogens with one attached hydrogen (secondary N) is 1. The number of halogens is 1. The second kappa shape index (κ2) is 9.55. The van der Waals surface area contributed by atoms with Crippen LogP contribution in [0.3, 0.4) is 0 Å². The third-order valence-corrected chi connectivity index (χ3v) is 6.42. The number of anilines is 2. The van der Waals surface area contributed by atoms with Gasteiger partial charge in [-0.15, -0.1) is 0 Å². The molecule has 2 amide bonds. The van der Waals surface area contributed by atoms with Gasteiger partial charge in [-0.3, -0.25) is 9.59 Å². The molecule has 0 fully saturated rings. The molecule has 0 bridgehead atoms. The number of hydrogen-bond acceptors (Lipinski definition) is 2. The molecule has 0 aromatic heterocycles. The zero-order chi connectivity index (χ0) is 24.4. The maximum atomic E-state index is 14.8. The Morgan fingerprint density at radius 2 is 1.54 bits per heavy atom. The molecule has 4 nitrogen and oxygen atoms in total. The topological polar surface area (TPSA) is 49.4 Å². The Balaban J connectivity index is 1.37. The first-order valence-corrected chi connectivity index (χ1v) is 11.7. The van der Waals surface area contributed by atoms with E-state index < -0.39 is 11.7 Å². The van der Waals surface area contributed by atoms with Crippen LogP contribution in [0.1, 0.15) is 38.3 Å². The van der Waals surface area contributed by atoms with Crippen LogP contribution in [0.4, 0.5) is 15.8 Å². The first-order valence-electron chi connectivity index (χ1n) is 11.7. The van der Waals surface area contributed by atoms with Gasteiger partial charge in [-0.2, -0.15) is 0 Å². The maximum absolute atomic E-state index is 14.8. The summed E-state index contributed by atoms with van der Waals surface area (Å²) in [4.78, 5) is 28.1. The second-order valence-corrected chi connectivity index (χ2v) is 8.70. The number of amides is 2. The van der Waals surface area contributed by atoms with Gasteiger partial charge >= 0.3 is 0 Å². The van der Waals surface area contributed by atoms with E-state index in [4.69, 9.17) is 0 Å². The van der Waals surface area contributed by atoms with E-state index in [0.717, 1.165) is 29.7 Å². The Morgan fingerprint density at radius 3 is 2.34 bits per heavy atom. The van der Waals surface area contributed by atoms with Gasteiger partial charge < -0.3 is 10.2 Å². The van der Waals surface area contributed by atoms with Crippen molar-refractivity contribution in [1.29, 1.82) is 0 Å². The fourth-order valence-electron chi connectivity index (χ4n) is 4.64.